The number of nitrogens with zero attached hydrogens (tertiary/aromatic N) is 4. The van der Waals surface area contributed by atoms with Crippen LogP contribution < -0.4 is 0 Å². The van der Waals surface area contributed by atoms with Crippen LogP contribution in [0.25, 0.3) is 5.78 Å². The van der Waals surface area contributed by atoms with Crippen molar-refractivity contribution in [2.75, 3.05) is 0 Å². The van der Waals surface area contributed by atoms with Gasteiger partial charge in [-0.15, -0.1) is 0 Å². The van der Waals surface area contributed by atoms with Gasteiger partial charge in [-0.1, -0.05) is 34.6 Å². The van der Waals surface area contributed by atoms with Crippen molar-refractivity contribution in [3.8, 4) is 0 Å². The number of aromatic amines is 1. The maximum absolute atomic E-state index is 4.84. The number of hydrogen-bond acceptors (Lipinski definition) is 3. The molecule has 0 atom stereocenters. The van der Waals surface area contributed by atoms with Crippen molar-refractivity contribution in [3.05, 3.63) is 47.6 Å². The third kappa shape index (κ3) is 3.00. The molecule has 0 unspecified atom stereocenters. The average molecular weight is 311 g/mol. The maximum atomic E-state index is 4.84. The van der Waals surface area contributed by atoms with Crippen molar-refractivity contribution < 1.29 is 0 Å². The zero-order valence-electron chi connectivity index (χ0n) is 14.8. The van der Waals surface area contributed by atoms with E-state index in [2.05, 4.69) is 62.7 Å². The van der Waals surface area contributed by atoms with E-state index in [-0.39, 0.29) is 10.8 Å². The Morgan fingerprint density at radius 1 is 1.13 bits per heavy atom. The fraction of sp³-hybridized carbons (Fsp3) is 0.500. The molecule has 0 radical (unpaired) electrons. The Bertz CT molecular complexity index is 800. The van der Waals surface area contributed by atoms with Crippen molar-refractivity contribution in [2.45, 2.75) is 58.8 Å². The van der Waals surface area contributed by atoms with Crippen molar-refractivity contribution in [1.29, 1.82) is 0 Å². The summed E-state index contributed by atoms with van der Waals surface area (Å²) >= 11 is 0. The van der Waals surface area contributed by atoms with Crippen LogP contribution in [0.1, 0.15) is 57.5 Å². The average Bonchev–Trinajstić information content (AvgIpc) is 3.02. The fourth-order valence-electron chi connectivity index (χ4n) is 2.69. The molecule has 0 saturated carbocycles. The molecule has 0 aromatic carbocycles. The van der Waals surface area contributed by atoms with Gasteiger partial charge in [-0.3, -0.25) is 4.40 Å². The molecule has 23 heavy (non-hydrogen) atoms. The molecule has 5 nitrogen and oxygen atoms in total. The second-order valence-electron chi connectivity index (χ2n) is 7.92. The number of aromatic nitrogens is 5. The smallest absolute Gasteiger partial charge is 0.233 e. The highest BCUT2D eigenvalue weighted by Crippen LogP contribution is 2.29. The predicted molar refractivity (Wildman–Crippen MR) is 91.7 cm³/mol. The Morgan fingerprint density at radius 2 is 1.87 bits per heavy atom. The fourth-order valence-corrected chi connectivity index (χ4v) is 2.69. The van der Waals surface area contributed by atoms with Gasteiger partial charge in [0, 0.05) is 41.5 Å². The summed E-state index contributed by atoms with van der Waals surface area (Å²) in [5.41, 5.74) is 3.22. The first kappa shape index (κ1) is 15.7. The van der Waals surface area contributed by atoms with Gasteiger partial charge in [-0.05, 0) is 13.0 Å². The lowest BCUT2D eigenvalue weighted by Crippen LogP contribution is -2.22. The number of rotatable bonds is 3. The molecule has 1 N–H and O–H groups in total. The van der Waals surface area contributed by atoms with Crippen LogP contribution in [0.3, 0.4) is 0 Å². The summed E-state index contributed by atoms with van der Waals surface area (Å²) in [5, 5.41) is 0. The molecule has 0 aliphatic heterocycles. The normalized spacial score (nSPS) is 13.0. The highest BCUT2D eigenvalue weighted by molar-refractivity contribution is 5.33. The van der Waals surface area contributed by atoms with Crippen LogP contribution in [0.4, 0.5) is 0 Å². The quantitative estimate of drug-likeness (QED) is 0.804. The van der Waals surface area contributed by atoms with E-state index in [1.165, 1.54) is 0 Å². The molecule has 0 bridgehead atoms. The van der Waals surface area contributed by atoms with Gasteiger partial charge in [0.05, 0.1) is 11.4 Å². The Hall–Kier alpha value is -2.17. The Labute approximate surface area is 137 Å². The number of imidazole rings is 2. The van der Waals surface area contributed by atoms with Gasteiger partial charge < -0.3 is 4.98 Å². The van der Waals surface area contributed by atoms with E-state index < -0.39 is 0 Å². The highest BCUT2D eigenvalue weighted by atomic mass is 15.1. The Morgan fingerprint density at radius 3 is 2.48 bits per heavy atom. The molecule has 122 valence electrons. The maximum Gasteiger partial charge on any atom is 0.233 e. The SMILES string of the molecule is Cc1[nH]c(C(C)(C)C)nc1CC(C)(C)c1cn2cccnc2n1. The van der Waals surface area contributed by atoms with Gasteiger partial charge in [0.2, 0.25) is 5.78 Å². The summed E-state index contributed by atoms with van der Waals surface area (Å²) in [6, 6.07) is 1.92. The van der Waals surface area contributed by atoms with Crippen LogP contribution in [0, 0.1) is 6.92 Å². The number of aryl methyl sites for hydroxylation is 1. The Balaban J connectivity index is 1.93. The molecular weight excluding hydrogens is 286 g/mol. The van der Waals surface area contributed by atoms with Gasteiger partial charge >= 0.3 is 0 Å². The van der Waals surface area contributed by atoms with E-state index in [1.807, 2.05) is 16.7 Å². The molecule has 3 aromatic heterocycles. The summed E-state index contributed by atoms with van der Waals surface area (Å²) in [4.78, 5) is 17.3. The van der Waals surface area contributed by atoms with Crippen LogP contribution in [0.2, 0.25) is 0 Å². The monoisotopic (exact) mass is 311 g/mol. The standard InChI is InChI=1S/C18H25N5/c1-12-13(21-15(20-12)17(2,3)4)10-18(5,6)14-11-23-9-7-8-19-16(23)22-14/h7-9,11H,10H2,1-6H3,(H,20,21). The van der Waals surface area contributed by atoms with E-state index in [4.69, 9.17) is 4.98 Å². The van der Waals surface area contributed by atoms with E-state index in [0.29, 0.717) is 0 Å². The van der Waals surface area contributed by atoms with Gasteiger partial charge in [-0.2, -0.15) is 0 Å². The van der Waals surface area contributed by atoms with E-state index >= 15 is 0 Å². The summed E-state index contributed by atoms with van der Waals surface area (Å²) < 4.78 is 1.97. The molecule has 3 aromatic rings. The molecule has 3 rings (SSSR count). The number of nitrogens with one attached hydrogen (secondary N) is 1. The third-order valence-corrected chi connectivity index (χ3v) is 4.23. The topological polar surface area (TPSA) is 58.9 Å². The zero-order chi connectivity index (χ0) is 16.8. The van der Waals surface area contributed by atoms with E-state index in [1.54, 1.807) is 6.20 Å². The Kier molecular flexibility index (Phi) is 3.54. The molecule has 0 amide bonds. The lowest BCUT2D eigenvalue weighted by molar-refractivity contribution is 0.497. The first-order valence-corrected chi connectivity index (χ1v) is 8.03. The summed E-state index contributed by atoms with van der Waals surface area (Å²) in [6.07, 6.45) is 6.66. The number of fused-ring (bicyclic) bond motifs is 1. The van der Waals surface area contributed by atoms with Crippen LogP contribution in [0.5, 0.6) is 0 Å². The van der Waals surface area contributed by atoms with Crippen molar-refractivity contribution in [1.82, 2.24) is 24.3 Å². The van der Waals surface area contributed by atoms with Crippen LogP contribution in [-0.4, -0.2) is 24.3 Å². The minimum absolute atomic E-state index is 0.0279. The minimum Gasteiger partial charge on any atom is -0.345 e. The largest absolute Gasteiger partial charge is 0.345 e. The summed E-state index contributed by atoms with van der Waals surface area (Å²) in [6.45, 7) is 13.0. The van der Waals surface area contributed by atoms with Crippen LogP contribution in [-0.2, 0) is 17.3 Å². The third-order valence-electron chi connectivity index (χ3n) is 4.23. The summed E-state index contributed by atoms with van der Waals surface area (Å²) in [5.74, 6) is 1.78. The van der Waals surface area contributed by atoms with Gasteiger partial charge in [0.25, 0.3) is 0 Å². The zero-order valence-corrected chi connectivity index (χ0v) is 14.8. The molecular formula is C18H25N5. The molecule has 0 spiro atoms. The van der Waals surface area contributed by atoms with Gasteiger partial charge in [0.1, 0.15) is 5.82 Å². The number of hydrogen-bond donors (Lipinski definition) is 1. The summed E-state index contributed by atoms with van der Waals surface area (Å²) in [7, 11) is 0. The van der Waals surface area contributed by atoms with E-state index in [0.717, 1.165) is 35.1 Å². The number of H-pyrrole nitrogens is 1. The van der Waals surface area contributed by atoms with Crippen LogP contribution >= 0.6 is 0 Å². The highest BCUT2D eigenvalue weighted by Gasteiger charge is 2.28. The first-order chi connectivity index (χ1) is 10.7. The van der Waals surface area contributed by atoms with E-state index in [9.17, 15) is 0 Å². The second-order valence-corrected chi connectivity index (χ2v) is 7.92. The van der Waals surface area contributed by atoms with Crippen molar-refractivity contribution in [2.24, 2.45) is 0 Å². The lowest BCUT2D eigenvalue weighted by atomic mass is 9.84. The minimum atomic E-state index is -0.108. The lowest BCUT2D eigenvalue weighted by Gasteiger charge is -2.21. The molecule has 3 heterocycles. The predicted octanol–water partition coefficient (Wildman–Crippen LogP) is 3.58. The molecule has 5 heteroatoms. The van der Waals surface area contributed by atoms with Gasteiger partial charge in [0.15, 0.2) is 0 Å². The molecule has 0 fully saturated rings. The van der Waals surface area contributed by atoms with Crippen molar-refractivity contribution >= 4 is 5.78 Å². The molecule has 0 aliphatic carbocycles. The first-order valence-electron chi connectivity index (χ1n) is 8.03. The van der Waals surface area contributed by atoms with Gasteiger partial charge in [-0.25, -0.2) is 15.0 Å². The van der Waals surface area contributed by atoms with Crippen molar-refractivity contribution in [3.63, 3.8) is 0 Å². The van der Waals surface area contributed by atoms with Crippen LogP contribution in [0.15, 0.2) is 24.7 Å². The molecule has 0 aliphatic rings. The second kappa shape index (κ2) is 5.18. The molecule has 0 saturated heterocycles.